The molecule has 0 unspecified atom stereocenters. The second-order valence-corrected chi connectivity index (χ2v) is 9.00. The molecule has 1 aliphatic heterocycles. The van der Waals surface area contributed by atoms with Crippen LogP contribution in [0.15, 0.2) is 55.2 Å². The first-order valence-electron chi connectivity index (χ1n) is 11.5. The molecule has 188 valence electrons. The normalized spacial score (nSPS) is 17.0. The molecule has 5 aromatic rings. The molecule has 0 radical (unpaired) electrons. The van der Waals surface area contributed by atoms with Crippen LogP contribution in [0.3, 0.4) is 0 Å². The van der Waals surface area contributed by atoms with Gasteiger partial charge in [0.2, 0.25) is 5.95 Å². The number of fused-ring (bicyclic) bond motifs is 2. The number of aromatic nitrogens is 6. The molecule has 0 spiro atoms. The minimum Gasteiger partial charge on any atom is -0.457 e. The number of hydrogen-bond donors (Lipinski definition) is 2. The molecule has 1 aliphatic rings. The van der Waals surface area contributed by atoms with E-state index in [-0.39, 0.29) is 12.5 Å². The third kappa shape index (κ3) is 4.25. The molecule has 2 N–H and O–H groups in total. The minimum atomic E-state index is -3.22. The molecule has 1 atom stereocenters. The second-order valence-electron chi connectivity index (χ2n) is 9.00. The number of imidazole rings is 1. The molecule has 4 heterocycles. The molecule has 37 heavy (non-hydrogen) atoms. The van der Waals surface area contributed by atoms with Gasteiger partial charge in [0.15, 0.2) is 5.82 Å². The molecule has 0 bridgehead atoms. The number of β-amino-alcohol motifs (C(OH)–C–C–N with tert-alkyl or cyclic N) is 1. The maximum atomic E-state index is 13.8. The summed E-state index contributed by atoms with van der Waals surface area (Å²) in [7, 11) is 1.94. The molecule has 0 saturated carbocycles. The quantitative estimate of drug-likeness (QED) is 0.367. The van der Waals surface area contributed by atoms with Crippen molar-refractivity contribution in [3.05, 3.63) is 60.8 Å². The van der Waals surface area contributed by atoms with E-state index in [1.165, 1.54) is 17.4 Å². The van der Waals surface area contributed by atoms with Crippen molar-refractivity contribution in [2.45, 2.75) is 19.0 Å². The standard InChI is InChI=1S/C25H22F2N8O2/c1-14-7-15(3-6-20(14)37-16-4-5-19-17(8-16)31-13-34(19)2)32-23-22-18(29-12-30-23)9-28-24(33-22)35-10-21(36)25(26,27)11-35/h3-9,12-13,21,36H,10-11H2,1-2H3,(H,29,30,32)/t21-/m0/s1. The molecule has 2 aromatic carbocycles. The number of aliphatic hydroxyl groups excluding tert-OH is 1. The fourth-order valence-corrected chi connectivity index (χ4v) is 4.29. The molecule has 12 heteroatoms. The van der Waals surface area contributed by atoms with Gasteiger partial charge in [0.1, 0.15) is 35.0 Å². The Kier molecular flexibility index (Phi) is 5.33. The van der Waals surface area contributed by atoms with Gasteiger partial charge < -0.3 is 24.6 Å². The number of ether oxygens (including phenoxy) is 1. The summed E-state index contributed by atoms with van der Waals surface area (Å²) in [6.45, 7) is 1.00. The van der Waals surface area contributed by atoms with Crippen molar-refractivity contribution in [2.75, 3.05) is 23.3 Å². The van der Waals surface area contributed by atoms with Crippen molar-refractivity contribution in [2.24, 2.45) is 7.05 Å². The van der Waals surface area contributed by atoms with Gasteiger partial charge in [-0.2, -0.15) is 0 Å². The van der Waals surface area contributed by atoms with E-state index < -0.39 is 18.6 Å². The van der Waals surface area contributed by atoms with Gasteiger partial charge in [-0.15, -0.1) is 0 Å². The van der Waals surface area contributed by atoms with Gasteiger partial charge in [0.05, 0.1) is 36.6 Å². The lowest BCUT2D eigenvalue weighted by atomic mass is 10.2. The van der Waals surface area contributed by atoms with Crippen molar-refractivity contribution in [1.82, 2.24) is 29.5 Å². The van der Waals surface area contributed by atoms with Gasteiger partial charge in [-0.3, -0.25) is 0 Å². The largest absolute Gasteiger partial charge is 0.457 e. The fourth-order valence-electron chi connectivity index (χ4n) is 4.29. The number of alkyl halides is 2. The first-order chi connectivity index (χ1) is 17.8. The molecule has 6 rings (SSSR count). The van der Waals surface area contributed by atoms with Gasteiger partial charge in [-0.05, 0) is 42.8 Å². The summed E-state index contributed by atoms with van der Waals surface area (Å²) in [6.07, 6.45) is 2.81. The van der Waals surface area contributed by atoms with Crippen molar-refractivity contribution in [3.63, 3.8) is 0 Å². The Morgan fingerprint density at radius 1 is 1.08 bits per heavy atom. The van der Waals surface area contributed by atoms with Crippen LogP contribution in [0.4, 0.5) is 26.2 Å². The number of halogens is 2. The Balaban J connectivity index is 1.25. The average molecular weight is 505 g/mol. The predicted octanol–water partition coefficient (Wildman–Crippen LogP) is 3.97. The van der Waals surface area contributed by atoms with E-state index in [0.29, 0.717) is 28.4 Å². The highest BCUT2D eigenvalue weighted by Gasteiger charge is 2.48. The van der Waals surface area contributed by atoms with E-state index in [1.807, 2.05) is 54.9 Å². The zero-order chi connectivity index (χ0) is 25.7. The summed E-state index contributed by atoms with van der Waals surface area (Å²) < 4.78 is 35.7. The van der Waals surface area contributed by atoms with Crippen molar-refractivity contribution < 1.29 is 18.6 Å². The Hall–Kier alpha value is -4.45. The third-order valence-electron chi connectivity index (χ3n) is 6.29. The SMILES string of the molecule is Cc1cc(Nc2ncnc3cnc(N4C[C@H](O)C(F)(F)C4)nc23)ccc1Oc1ccc2c(c1)ncn2C. The monoisotopic (exact) mass is 504 g/mol. The van der Waals surface area contributed by atoms with E-state index in [0.717, 1.165) is 22.3 Å². The smallest absolute Gasteiger partial charge is 0.292 e. The maximum Gasteiger partial charge on any atom is 0.292 e. The van der Waals surface area contributed by atoms with Gasteiger partial charge in [-0.1, -0.05) is 0 Å². The van der Waals surface area contributed by atoms with Crippen LogP contribution in [0.1, 0.15) is 5.56 Å². The zero-order valence-corrected chi connectivity index (χ0v) is 19.9. The van der Waals surface area contributed by atoms with Gasteiger partial charge in [0, 0.05) is 18.8 Å². The third-order valence-corrected chi connectivity index (χ3v) is 6.29. The fraction of sp³-hybridized carbons (Fsp3) is 0.240. The molecular weight excluding hydrogens is 482 g/mol. The first kappa shape index (κ1) is 23.0. The van der Waals surface area contributed by atoms with Crippen LogP contribution < -0.4 is 15.0 Å². The maximum absolute atomic E-state index is 13.8. The molecule has 3 aromatic heterocycles. The Labute approximate surface area is 209 Å². The zero-order valence-electron chi connectivity index (χ0n) is 19.9. The number of nitrogens with one attached hydrogen (secondary N) is 1. The molecule has 1 saturated heterocycles. The highest BCUT2D eigenvalue weighted by atomic mass is 19.3. The van der Waals surface area contributed by atoms with Crippen LogP contribution in [0.5, 0.6) is 11.5 Å². The molecule has 0 aliphatic carbocycles. The lowest BCUT2D eigenvalue weighted by molar-refractivity contribution is -0.0712. The van der Waals surface area contributed by atoms with Crippen molar-refractivity contribution >= 4 is 39.5 Å². The van der Waals surface area contributed by atoms with E-state index in [1.54, 1.807) is 6.33 Å². The molecule has 0 amide bonds. The summed E-state index contributed by atoms with van der Waals surface area (Å²) >= 11 is 0. The van der Waals surface area contributed by atoms with Crippen molar-refractivity contribution in [3.8, 4) is 11.5 Å². The Morgan fingerprint density at radius 2 is 1.95 bits per heavy atom. The number of benzene rings is 2. The van der Waals surface area contributed by atoms with Gasteiger partial charge in [0.25, 0.3) is 5.92 Å². The molecule has 1 fully saturated rings. The minimum absolute atomic E-state index is 0.0754. The van der Waals surface area contributed by atoms with Crippen LogP contribution in [0, 0.1) is 6.92 Å². The summed E-state index contributed by atoms with van der Waals surface area (Å²) in [5.41, 5.74) is 4.30. The van der Waals surface area contributed by atoms with Gasteiger partial charge in [-0.25, -0.2) is 33.7 Å². The average Bonchev–Trinajstić information content (AvgIpc) is 3.38. The second kappa shape index (κ2) is 8.59. The highest BCUT2D eigenvalue weighted by Crippen LogP contribution is 2.32. The lowest BCUT2D eigenvalue weighted by Gasteiger charge is -2.16. The first-order valence-corrected chi connectivity index (χ1v) is 11.5. The van der Waals surface area contributed by atoms with E-state index in [4.69, 9.17) is 4.74 Å². The van der Waals surface area contributed by atoms with Crippen LogP contribution in [-0.2, 0) is 7.05 Å². The Bertz CT molecular complexity index is 1640. The topological polar surface area (TPSA) is 114 Å². The van der Waals surface area contributed by atoms with Crippen LogP contribution in [-0.4, -0.2) is 59.7 Å². The number of hydrogen-bond acceptors (Lipinski definition) is 9. The summed E-state index contributed by atoms with van der Waals surface area (Å²) in [5, 5.41) is 12.9. The van der Waals surface area contributed by atoms with Gasteiger partial charge >= 0.3 is 0 Å². The van der Waals surface area contributed by atoms with Crippen LogP contribution in [0.2, 0.25) is 0 Å². The summed E-state index contributed by atoms with van der Waals surface area (Å²) in [6, 6.07) is 11.3. The number of aliphatic hydroxyl groups is 1. The number of nitrogens with zero attached hydrogens (tertiary/aromatic N) is 7. The highest BCUT2D eigenvalue weighted by molar-refractivity contribution is 5.87. The number of rotatable bonds is 5. The van der Waals surface area contributed by atoms with Crippen LogP contribution >= 0.6 is 0 Å². The van der Waals surface area contributed by atoms with Crippen LogP contribution in [0.25, 0.3) is 22.1 Å². The molecule has 10 nitrogen and oxygen atoms in total. The number of anilines is 3. The lowest BCUT2D eigenvalue weighted by Crippen LogP contribution is -2.31. The summed E-state index contributed by atoms with van der Waals surface area (Å²) in [4.78, 5) is 22.7. The number of aryl methyl sites for hydroxylation is 2. The van der Waals surface area contributed by atoms with E-state index in [2.05, 4.69) is 30.2 Å². The van der Waals surface area contributed by atoms with Crippen molar-refractivity contribution in [1.29, 1.82) is 0 Å². The van der Waals surface area contributed by atoms with E-state index >= 15 is 0 Å². The van der Waals surface area contributed by atoms with E-state index in [9.17, 15) is 13.9 Å². The molecular formula is C25H22F2N8O2. The predicted molar refractivity (Wildman–Crippen MR) is 134 cm³/mol. The summed E-state index contributed by atoms with van der Waals surface area (Å²) in [5.74, 6) is -1.39. The Morgan fingerprint density at radius 3 is 2.73 bits per heavy atom.